The molecule has 0 aromatic carbocycles. The molecule has 0 fully saturated rings. The van der Waals surface area contributed by atoms with Gasteiger partial charge in [0.05, 0.1) is 0 Å². The Balaban J connectivity index is 0. The summed E-state index contributed by atoms with van der Waals surface area (Å²) in [5.74, 6) is -1.79. The molecule has 0 radical (unpaired) electrons. The van der Waals surface area contributed by atoms with Gasteiger partial charge in [0.1, 0.15) is 8.96 Å². The summed E-state index contributed by atoms with van der Waals surface area (Å²) in [6, 6.07) is 1.30. The van der Waals surface area contributed by atoms with Crippen LogP contribution in [0.3, 0.4) is 0 Å². The second kappa shape index (κ2) is 4.49. The van der Waals surface area contributed by atoms with Crippen LogP contribution < -0.4 is 4.98 Å². The van der Waals surface area contributed by atoms with Crippen molar-refractivity contribution in [1.29, 1.82) is 0 Å². The molecule has 0 aliphatic heterocycles. The topological polar surface area (TPSA) is 29.1 Å². The highest BCUT2D eigenvalue weighted by Crippen LogP contribution is 2.14. The van der Waals surface area contributed by atoms with E-state index < -0.39 is 21.0 Å². The van der Waals surface area contributed by atoms with Crippen molar-refractivity contribution in [2.24, 2.45) is 0 Å². The molecule has 0 aromatic heterocycles. The van der Waals surface area contributed by atoms with Gasteiger partial charge in [-0.3, -0.25) is 4.79 Å². The van der Waals surface area contributed by atoms with Gasteiger partial charge in [-0.1, -0.05) is 13.8 Å². The van der Waals surface area contributed by atoms with Crippen molar-refractivity contribution in [3.05, 3.63) is 0 Å². The first-order valence-electron chi connectivity index (χ1n) is 3.79. The Hall–Kier alpha value is -0.523. The minimum atomic E-state index is -4.73. The molecule has 72 valence electrons. The first-order valence-corrected chi connectivity index (χ1v) is 6.00. The molecule has 0 bridgehead atoms. The molecule has 0 rings (SSSR count). The van der Waals surface area contributed by atoms with Crippen LogP contribution in [0.4, 0.5) is 13.2 Å². The van der Waals surface area contributed by atoms with E-state index in [1.165, 1.54) is 0 Å². The van der Waals surface area contributed by atoms with Crippen molar-refractivity contribution in [2.45, 2.75) is 32.1 Å². The van der Waals surface area contributed by atoms with Gasteiger partial charge >= 0.3 is 13.5 Å². The molecule has 0 aromatic rings. The monoisotopic (exact) mass is 200 g/mol. The lowest BCUT2D eigenvalue weighted by Crippen LogP contribution is -2.45. The van der Waals surface area contributed by atoms with E-state index in [0.717, 1.165) is 0 Å². The van der Waals surface area contributed by atoms with Crippen molar-refractivity contribution in [3.8, 4) is 0 Å². The van der Waals surface area contributed by atoms with E-state index in [1.807, 2.05) is 4.98 Å². The lowest BCUT2D eigenvalue weighted by Gasteiger charge is -2.13. The minimum absolute atomic E-state index is 0. The third kappa shape index (κ3) is 3.75. The summed E-state index contributed by atoms with van der Waals surface area (Å²) >= 11 is 0. The van der Waals surface area contributed by atoms with E-state index in [4.69, 9.17) is 0 Å². The summed E-state index contributed by atoms with van der Waals surface area (Å²) in [6.45, 7) is 3.58. The fraction of sp³-hybridized carbons (Fsp3) is 0.833. The lowest BCUT2D eigenvalue weighted by atomic mass is 10.6. The van der Waals surface area contributed by atoms with Crippen LogP contribution in [-0.4, -0.2) is 21.0 Å². The van der Waals surface area contributed by atoms with Crippen LogP contribution in [0.25, 0.3) is 0 Å². The number of carbonyl (C=O) groups excluding carboxylic acids is 1. The summed E-state index contributed by atoms with van der Waals surface area (Å²) in [5.41, 5.74) is 0. The van der Waals surface area contributed by atoms with Crippen LogP contribution in [0.1, 0.15) is 15.3 Å². The van der Waals surface area contributed by atoms with E-state index in [-0.39, 0.29) is 1.43 Å². The molecule has 1 amide bonds. The SMILES string of the molecule is CC[SiH](CC)NC(=O)C(F)(F)F.[H+]. The Bertz CT molecular complexity index is 160. The molecule has 0 aliphatic carbocycles. The quantitative estimate of drug-likeness (QED) is 0.688. The molecule has 2 nitrogen and oxygen atoms in total. The predicted molar refractivity (Wildman–Crippen MR) is 43.4 cm³/mol. The van der Waals surface area contributed by atoms with Crippen molar-refractivity contribution in [1.82, 2.24) is 4.98 Å². The third-order valence-corrected chi connectivity index (χ3v) is 4.22. The second-order valence-corrected chi connectivity index (χ2v) is 5.80. The minimum Gasteiger partial charge on any atom is -0.377 e. The molecule has 0 spiro atoms. The average molecular weight is 200 g/mol. The Kier molecular flexibility index (Phi) is 4.29. The molecule has 12 heavy (non-hydrogen) atoms. The molecule has 0 unspecified atom stereocenters. The van der Waals surface area contributed by atoms with Gasteiger partial charge in [-0.05, 0) is 12.1 Å². The van der Waals surface area contributed by atoms with Gasteiger partial charge in [-0.15, -0.1) is 0 Å². The fourth-order valence-corrected chi connectivity index (χ4v) is 2.28. The van der Waals surface area contributed by atoms with Crippen molar-refractivity contribution < 1.29 is 19.4 Å². The molecule has 0 saturated heterocycles. The standard InChI is InChI=1S/C6H12F3NOSi/c1-3-12(4-2)10-5(11)6(7,8)9/h12H,3-4H2,1-2H3,(H,10,11)/p+1. The van der Waals surface area contributed by atoms with Crippen LogP contribution in [0.15, 0.2) is 0 Å². The molecule has 0 saturated carbocycles. The molecular weight excluding hydrogens is 187 g/mol. The highest BCUT2D eigenvalue weighted by molar-refractivity contribution is 6.58. The first-order chi connectivity index (χ1) is 5.41. The van der Waals surface area contributed by atoms with Crippen LogP contribution in [0.5, 0.6) is 0 Å². The van der Waals surface area contributed by atoms with E-state index in [1.54, 1.807) is 13.8 Å². The van der Waals surface area contributed by atoms with E-state index in [2.05, 4.69) is 0 Å². The van der Waals surface area contributed by atoms with Crippen molar-refractivity contribution in [2.75, 3.05) is 0 Å². The zero-order valence-electron chi connectivity index (χ0n) is 8.03. The normalized spacial score (nSPS) is 11.8. The molecule has 0 aliphatic rings. The predicted octanol–water partition coefficient (Wildman–Crippen LogP) is 1.54. The van der Waals surface area contributed by atoms with Gasteiger partial charge in [0, 0.05) is 0 Å². The van der Waals surface area contributed by atoms with Crippen LogP contribution in [0, 0.1) is 0 Å². The Morgan fingerprint density at radius 1 is 1.42 bits per heavy atom. The number of nitrogens with one attached hydrogen (secondary N) is 1. The Morgan fingerprint density at radius 2 is 1.83 bits per heavy atom. The van der Waals surface area contributed by atoms with E-state index in [0.29, 0.717) is 12.1 Å². The van der Waals surface area contributed by atoms with Crippen LogP contribution >= 0.6 is 0 Å². The number of carbonyl (C=O) groups is 1. The maximum absolute atomic E-state index is 11.7. The number of amides is 1. The number of hydrogen-bond acceptors (Lipinski definition) is 1. The molecule has 0 atom stereocenters. The highest BCUT2D eigenvalue weighted by atomic mass is 28.3. The molecule has 1 N–H and O–H groups in total. The summed E-state index contributed by atoms with van der Waals surface area (Å²) < 4.78 is 35.1. The summed E-state index contributed by atoms with van der Waals surface area (Å²) in [5, 5.41) is 0. The maximum atomic E-state index is 11.7. The first kappa shape index (κ1) is 11.5. The van der Waals surface area contributed by atoms with Gasteiger partial charge < -0.3 is 4.98 Å². The number of halogens is 3. The molecule has 6 heteroatoms. The van der Waals surface area contributed by atoms with E-state index >= 15 is 0 Å². The summed E-state index contributed by atoms with van der Waals surface area (Å²) in [4.78, 5) is 12.4. The summed E-state index contributed by atoms with van der Waals surface area (Å²) in [6.07, 6.45) is -4.73. The largest absolute Gasteiger partial charge is 1.00 e. The van der Waals surface area contributed by atoms with Gasteiger partial charge in [-0.2, -0.15) is 13.2 Å². The Morgan fingerprint density at radius 3 is 2.08 bits per heavy atom. The molecule has 0 heterocycles. The third-order valence-electron chi connectivity index (χ3n) is 1.58. The second-order valence-electron chi connectivity index (χ2n) is 2.48. The van der Waals surface area contributed by atoms with Gasteiger partial charge in [0.2, 0.25) is 0 Å². The smallest absolute Gasteiger partial charge is 0.377 e. The zero-order valence-corrected chi connectivity index (χ0v) is 8.19. The van der Waals surface area contributed by atoms with Gasteiger partial charge in [0.15, 0.2) is 0 Å². The number of alkyl halides is 3. The van der Waals surface area contributed by atoms with Crippen molar-refractivity contribution >= 4 is 14.9 Å². The summed E-state index contributed by atoms with van der Waals surface area (Å²) in [7, 11) is -1.67. The maximum Gasteiger partial charge on any atom is 1.00 e. The lowest BCUT2D eigenvalue weighted by molar-refractivity contribution is -0.171. The molecular formula is C6H13F3NOSi+. The average Bonchev–Trinajstić information content (AvgIpc) is 1.97. The van der Waals surface area contributed by atoms with Crippen LogP contribution in [0.2, 0.25) is 12.1 Å². The van der Waals surface area contributed by atoms with Crippen molar-refractivity contribution in [3.63, 3.8) is 0 Å². The number of hydrogen-bond donors (Lipinski definition) is 1. The Labute approximate surface area is 72.3 Å². The van der Waals surface area contributed by atoms with Gasteiger partial charge in [0.25, 0.3) is 0 Å². The van der Waals surface area contributed by atoms with Crippen LogP contribution in [-0.2, 0) is 4.79 Å². The van der Waals surface area contributed by atoms with Gasteiger partial charge in [-0.25, -0.2) is 0 Å². The van der Waals surface area contributed by atoms with E-state index in [9.17, 15) is 18.0 Å². The highest BCUT2D eigenvalue weighted by Gasteiger charge is 2.39. The number of rotatable bonds is 3. The fourth-order valence-electron chi connectivity index (χ4n) is 0.760. The zero-order chi connectivity index (χ0) is 9.78.